The number of benzene rings is 1. The number of para-hydroxylation sites is 1. The van der Waals surface area contributed by atoms with Crippen LogP contribution in [0.5, 0.6) is 5.75 Å². The van der Waals surface area contributed by atoms with Crippen molar-refractivity contribution >= 4 is 27.3 Å². The monoisotopic (exact) mass is 311 g/mol. The Balaban J connectivity index is 2.16. The summed E-state index contributed by atoms with van der Waals surface area (Å²) in [6.07, 6.45) is 0. The van der Waals surface area contributed by atoms with Crippen LogP contribution in [0.15, 0.2) is 34.1 Å². The first kappa shape index (κ1) is 12.6. The summed E-state index contributed by atoms with van der Waals surface area (Å²) in [6.45, 7) is 3.12. The zero-order chi connectivity index (χ0) is 12.3. The fourth-order valence-electron chi connectivity index (χ4n) is 1.65. The summed E-state index contributed by atoms with van der Waals surface area (Å²) in [5, 5.41) is 2.05. The van der Waals surface area contributed by atoms with Gasteiger partial charge in [0, 0.05) is 16.6 Å². The number of thiophene rings is 1. The molecule has 0 atom stereocenters. The minimum absolute atomic E-state index is 0.503. The van der Waals surface area contributed by atoms with Gasteiger partial charge in [0.25, 0.3) is 0 Å². The predicted octanol–water partition coefficient (Wildman–Crippen LogP) is 3.86. The van der Waals surface area contributed by atoms with Gasteiger partial charge in [0.2, 0.25) is 0 Å². The average Bonchev–Trinajstić information content (AvgIpc) is 2.73. The third-order valence-corrected chi connectivity index (χ3v) is 4.45. The van der Waals surface area contributed by atoms with Crippen molar-refractivity contribution in [1.82, 2.24) is 0 Å². The second kappa shape index (κ2) is 5.67. The molecule has 17 heavy (non-hydrogen) atoms. The molecule has 1 heterocycles. The lowest BCUT2D eigenvalue weighted by molar-refractivity contribution is 0.303. The summed E-state index contributed by atoms with van der Waals surface area (Å²) in [7, 11) is 0. The fourth-order valence-corrected chi connectivity index (χ4v) is 3.02. The van der Waals surface area contributed by atoms with Gasteiger partial charge in [-0.2, -0.15) is 0 Å². The van der Waals surface area contributed by atoms with Crippen molar-refractivity contribution in [3.8, 4) is 5.75 Å². The molecule has 2 aromatic rings. The Morgan fingerprint density at radius 1 is 1.35 bits per heavy atom. The highest BCUT2D eigenvalue weighted by Crippen LogP contribution is 2.27. The minimum atomic E-state index is 0.503. The molecule has 0 spiro atoms. The van der Waals surface area contributed by atoms with E-state index in [4.69, 9.17) is 10.5 Å². The number of hydrogen-bond acceptors (Lipinski definition) is 3. The van der Waals surface area contributed by atoms with Crippen LogP contribution in [0.1, 0.15) is 16.0 Å². The van der Waals surface area contributed by atoms with E-state index < -0.39 is 0 Å². The molecule has 0 aliphatic carbocycles. The Morgan fingerprint density at radius 2 is 2.18 bits per heavy atom. The maximum atomic E-state index is 5.88. The van der Waals surface area contributed by atoms with Crippen molar-refractivity contribution in [1.29, 1.82) is 0 Å². The minimum Gasteiger partial charge on any atom is -0.487 e. The third kappa shape index (κ3) is 2.89. The van der Waals surface area contributed by atoms with Gasteiger partial charge in [-0.25, -0.2) is 0 Å². The molecule has 2 nitrogen and oxygen atoms in total. The number of aryl methyl sites for hydroxylation is 1. The zero-order valence-electron chi connectivity index (χ0n) is 9.57. The molecule has 1 aromatic heterocycles. The van der Waals surface area contributed by atoms with Gasteiger partial charge >= 0.3 is 0 Å². The molecule has 0 saturated carbocycles. The molecule has 0 radical (unpaired) electrons. The smallest absolute Gasteiger partial charge is 0.127 e. The van der Waals surface area contributed by atoms with Crippen molar-refractivity contribution < 1.29 is 4.74 Å². The van der Waals surface area contributed by atoms with E-state index in [1.54, 1.807) is 11.3 Å². The molecule has 0 aliphatic heterocycles. The molecule has 2 N–H and O–H groups in total. The molecule has 0 fully saturated rings. The van der Waals surface area contributed by atoms with Gasteiger partial charge in [-0.15, -0.1) is 11.3 Å². The van der Waals surface area contributed by atoms with Crippen molar-refractivity contribution in [2.45, 2.75) is 20.1 Å². The highest BCUT2D eigenvalue weighted by Gasteiger charge is 2.07. The highest BCUT2D eigenvalue weighted by molar-refractivity contribution is 9.10. The van der Waals surface area contributed by atoms with Crippen LogP contribution in [0.2, 0.25) is 0 Å². The second-order valence-corrected chi connectivity index (χ2v) is 5.60. The number of rotatable bonds is 4. The van der Waals surface area contributed by atoms with Crippen molar-refractivity contribution in [3.63, 3.8) is 0 Å². The molecule has 0 bridgehead atoms. The molecule has 0 aliphatic rings. The largest absolute Gasteiger partial charge is 0.487 e. The molecule has 0 saturated heterocycles. The first-order chi connectivity index (χ1) is 8.22. The maximum Gasteiger partial charge on any atom is 0.127 e. The van der Waals surface area contributed by atoms with E-state index in [-0.39, 0.29) is 0 Å². The second-order valence-electron chi connectivity index (χ2n) is 3.75. The van der Waals surface area contributed by atoms with Crippen LogP contribution in [-0.4, -0.2) is 0 Å². The molecule has 0 unspecified atom stereocenters. The van der Waals surface area contributed by atoms with Gasteiger partial charge in [0.1, 0.15) is 12.4 Å². The van der Waals surface area contributed by atoms with Crippen LogP contribution in [0.4, 0.5) is 0 Å². The van der Waals surface area contributed by atoms with E-state index in [1.165, 1.54) is 4.88 Å². The number of hydrogen-bond donors (Lipinski definition) is 1. The van der Waals surface area contributed by atoms with E-state index in [0.29, 0.717) is 13.2 Å². The molecule has 2 rings (SSSR count). The molecule has 1 aromatic carbocycles. The lowest BCUT2D eigenvalue weighted by Crippen LogP contribution is -2.03. The van der Waals surface area contributed by atoms with Gasteiger partial charge in [-0.05, 0) is 39.9 Å². The van der Waals surface area contributed by atoms with Crippen LogP contribution < -0.4 is 10.5 Å². The SMILES string of the molecule is Cc1cccc(CN)c1OCc1sccc1Br. The van der Waals surface area contributed by atoms with Crippen LogP contribution in [0.25, 0.3) is 0 Å². The summed E-state index contributed by atoms with van der Waals surface area (Å²) in [5.41, 5.74) is 7.89. The first-order valence-electron chi connectivity index (χ1n) is 5.35. The number of nitrogens with two attached hydrogens (primary N) is 1. The van der Waals surface area contributed by atoms with E-state index in [9.17, 15) is 0 Å². The lowest BCUT2D eigenvalue weighted by atomic mass is 10.1. The number of ether oxygens (including phenoxy) is 1. The van der Waals surface area contributed by atoms with Crippen molar-refractivity contribution in [2.75, 3.05) is 0 Å². The topological polar surface area (TPSA) is 35.2 Å². The van der Waals surface area contributed by atoms with Crippen LogP contribution in [0, 0.1) is 6.92 Å². The van der Waals surface area contributed by atoms with E-state index in [1.807, 2.05) is 36.6 Å². The Bertz CT molecular complexity index is 510. The maximum absolute atomic E-state index is 5.88. The van der Waals surface area contributed by atoms with E-state index in [2.05, 4.69) is 15.9 Å². The summed E-state index contributed by atoms with van der Waals surface area (Å²) in [6, 6.07) is 8.08. The quantitative estimate of drug-likeness (QED) is 0.930. The molecule has 4 heteroatoms. The van der Waals surface area contributed by atoms with Crippen LogP contribution in [0.3, 0.4) is 0 Å². The molecule has 90 valence electrons. The Kier molecular flexibility index (Phi) is 4.20. The molecule has 0 amide bonds. The Labute approximate surface area is 114 Å². The van der Waals surface area contributed by atoms with E-state index in [0.717, 1.165) is 21.3 Å². The summed E-state index contributed by atoms with van der Waals surface area (Å²) in [4.78, 5) is 1.19. The third-order valence-electron chi connectivity index (χ3n) is 2.55. The highest BCUT2D eigenvalue weighted by atomic mass is 79.9. The van der Waals surface area contributed by atoms with Crippen LogP contribution in [-0.2, 0) is 13.2 Å². The summed E-state index contributed by atoms with van der Waals surface area (Å²) < 4.78 is 6.99. The van der Waals surface area contributed by atoms with Gasteiger partial charge in [0.05, 0.1) is 4.88 Å². The van der Waals surface area contributed by atoms with Crippen molar-refractivity contribution in [2.24, 2.45) is 5.73 Å². The van der Waals surface area contributed by atoms with Crippen LogP contribution >= 0.6 is 27.3 Å². The number of halogens is 1. The Hall–Kier alpha value is -0.840. The summed E-state index contributed by atoms with van der Waals surface area (Å²) >= 11 is 5.18. The standard InChI is InChI=1S/C13H14BrNOS/c1-9-3-2-4-10(7-15)13(9)16-8-12-11(14)5-6-17-12/h2-6H,7-8,15H2,1H3. The van der Waals surface area contributed by atoms with Gasteiger partial charge in [-0.1, -0.05) is 18.2 Å². The van der Waals surface area contributed by atoms with E-state index >= 15 is 0 Å². The first-order valence-corrected chi connectivity index (χ1v) is 7.03. The predicted molar refractivity (Wildman–Crippen MR) is 75.4 cm³/mol. The lowest BCUT2D eigenvalue weighted by Gasteiger charge is -2.12. The van der Waals surface area contributed by atoms with Crippen molar-refractivity contribution in [3.05, 3.63) is 50.1 Å². The molecular weight excluding hydrogens is 298 g/mol. The van der Waals surface area contributed by atoms with Gasteiger partial charge in [0.15, 0.2) is 0 Å². The van der Waals surface area contributed by atoms with Gasteiger partial charge in [-0.3, -0.25) is 0 Å². The summed E-state index contributed by atoms with van der Waals surface area (Å²) in [5.74, 6) is 0.912. The molecular formula is C13H14BrNOS. The average molecular weight is 312 g/mol. The normalized spacial score (nSPS) is 10.5. The fraction of sp³-hybridized carbons (Fsp3) is 0.231. The Morgan fingerprint density at radius 3 is 2.82 bits per heavy atom. The van der Waals surface area contributed by atoms with Gasteiger partial charge < -0.3 is 10.5 Å². The zero-order valence-corrected chi connectivity index (χ0v) is 12.0.